The van der Waals surface area contributed by atoms with Crippen LogP contribution in [0.2, 0.25) is 5.02 Å². The molecule has 0 saturated carbocycles. The van der Waals surface area contributed by atoms with E-state index in [1.165, 1.54) is 0 Å². The van der Waals surface area contributed by atoms with E-state index in [9.17, 15) is 4.79 Å². The first-order chi connectivity index (χ1) is 9.88. The molecule has 0 atom stereocenters. The molecule has 116 valence electrons. The van der Waals surface area contributed by atoms with Gasteiger partial charge in [0.05, 0.1) is 19.6 Å². The van der Waals surface area contributed by atoms with Gasteiger partial charge in [-0.05, 0) is 17.2 Å². The maximum Gasteiger partial charge on any atom is 0.304 e. The summed E-state index contributed by atoms with van der Waals surface area (Å²) in [6.07, 6.45) is 0.0894. The highest BCUT2D eigenvalue weighted by Crippen LogP contribution is 2.31. The number of rotatable bonds is 5. The number of carboxylic acids is 1. The van der Waals surface area contributed by atoms with E-state index < -0.39 is 11.4 Å². The van der Waals surface area contributed by atoms with Crippen molar-refractivity contribution >= 4 is 17.6 Å². The van der Waals surface area contributed by atoms with Gasteiger partial charge in [0.25, 0.3) is 0 Å². The monoisotopic (exact) mass is 311 g/mol. The van der Waals surface area contributed by atoms with Crippen molar-refractivity contribution in [2.75, 3.05) is 26.3 Å². The zero-order chi connectivity index (χ0) is 15.5. The summed E-state index contributed by atoms with van der Waals surface area (Å²) in [7, 11) is 0. The lowest BCUT2D eigenvalue weighted by Gasteiger charge is -2.28. The van der Waals surface area contributed by atoms with Gasteiger partial charge in [-0.3, -0.25) is 9.69 Å². The predicted molar refractivity (Wildman–Crippen MR) is 82.8 cm³/mol. The molecule has 0 bridgehead atoms. The molecule has 1 aliphatic heterocycles. The quantitative estimate of drug-likeness (QED) is 0.908. The number of carboxylic acid groups (broad SMARTS) is 1. The van der Waals surface area contributed by atoms with E-state index >= 15 is 0 Å². The molecule has 5 heteroatoms. The molecule has 1 heterocycles. The van der Waals surface area contributed by atoms with Crippen molar-refractivity contribution in [2.24, 2.45) is 0 Å². The van der Waals surface area contributed by atoms with Crippen molar-refractivity contribution in [3.63, 3.8) is 0 Å². The number of benzene rings is 1. The maximum atomic E-state index is 11.0. The predicted octanol–water partition coefficient (Wildman–Crippen LogP) is 2.92. The number of ether oxygens (including phenoxy) is 1. The molecule has 0 spiro atoms. The normalized spacial score (nSPS) is 16.9. The fourth-order valence-electron chi connectivity index (χ4n) is 2.58. The molecule has 1 aromatic carbocycles. The van der Waals surface area contributed by atoms with Crippen LogP contribution in [0.15, 0.2) is 18.2 Å². The first kappa shape index (κ1) is 16.3. The minimum absolute atomic E-state index is 0.0894. The van der Waals surface area contributed by atoms with Gasteiger partial charge in [-0.1, -0.05) is 37.6 Å². The summed E-state index contributed by atoms with van der Waals surface area (Å²) in [5.41, 5.74) is 1.61. The Balaban J connectivity index is 2.11. The van der Waals surface area contributed by atoms with Gasteiger partial charge in [0.15, 0.2) is 0 Å². The summed E-state index contributed by atoms with van der Waals surface area (Å²) in [6.45, 7) is 8.03. The SMILES string of the molecule is CC(C)(CC(=O)O)c1ccc(CN2CCOCC2)c(Cl)c1. The molecule has 0 amide bonds. The highest BCUT2D eigenvalue weighted by molar-refractivity contribution is 6.31. The Bertz CT molecular complexity index is 510. The molecule has 0 aromatic heterocycles. The third-order valence-electron chi connectivity index (χ3n) is 3.93. The zero-order valence-electron chi connectivity index (χ0n) is 12.6. The fourth-order valence-corrected chi connectivity index (χ4v) is 2.82. The van der Waals surface area contributed by atoms with E-state index in [0.717, 1.165) is 44.0 Å². The third-order valence-corrected chi connectivity index (χ3v) is 4.28. The molecular weight excluding hydrogens is 290 g/mol. The van der Waals surface area contributed by atoms with Gasteiger partial charge in [-0.2, -0.15) is 0 Å². The molecule has 1 N–H and O–H groups in total. The lowest BCUT2D eigenvalue weighted by Crippen LogP contribution is -2.35. The highest BCUT2D eigenvalue weighted by atomic mass is 35.5. The number of nitrogens with zero attached hydrogens (tertiary/aromatic N) is 1. The van der Waals surface area contributed by atoms with Gasteiger partial charge >= 0.3 is 5.97 Å². The zero-order valence-corrected chi connectivity index (χ0v) is 13.3. The van der Waals surface area contributed by atoms with E-state index in [4.69, 9.17) is 21.4 Å². The van der Waals surface area contributed by atoms with Gasteiger partial charge in [0.2, 0.25) is 0 Å². The Kier molecular flexibility index (Phi) is 5.25. The van der Waals surface area contributed by atoms with Crippen molar-refractivity contribution in [3.05, 3.63) is 34.3 Å². The Labute approximate surface area is 130 Å². The Morgan fingerprint density at radius 2 is 2.05 bits per heavy atom. The van der Waals surface area contributed by atoms with E-state index in [-0.39, 0.29) is 6.42 Å². The van der Waals surface area contributed by atoms with Crippen molar-refractivity contribution in [1.29, 1.82) is 0 Å². The van der Waals surface area contributed by atoms with Gasteiger partial charge in [-0.25, -0.2) is 0 Å². The fraction of sp³-hybridized carbons (Fsp3) is 0.562. The Morgan fingerprint density at radius 1 is 1.38 bits per heavy atom. The van der Waals surface area contributed by atoms with E-state index in [0.29, 0.717) is 5.02 Å². The summed E-state index contributed by atoms with van der Waals surface area (Å²) >= 11 is 6.39. The summed E-state index contributed by atoms with van der Waals surface area (Å²) in [4.78, 5) is 13.3. The van der Waals surface area contributed by atoms with Crippen LogP contribution in [0.25, 0.3) is 0 Å². The molecule has 0 aliphatic carbocycles. The van der Waals surface area contributed by atoms with Crippen LogP contribution in [-0.2, 0) is 21.5 Å². The van der Waals surface area contributed by atoms with E-state index in [1.807, 2.05) is 32.0 Å². The highest BCUT2D eigenvalue weighted by Gasteiger charge is 2.25. The first-order valence-corrected chi connectivity index (χ1v) is 7.57. The minimum atomic E-state index is -0.798. The second-order valence-electron chi connectivity index (χ2n) is 6.15. The summed E-state index contributed by atoms with van der Waals surface area (Å²) in [5.74, 6) is -0.798. The van der Waals surface area contributed by atoms with Gasteiger partial charge in [-0.15, -0.1) is 0 Å². The molecule has 21 heavy (non-hydrogen) atoms. The lowest BCUT2D eigenvalue weighted by molar-refractivity contribution is -0.138. The average molecular weight is 312 g/mol. The van der Waals surface area contributed by atoms with Crippen LogP contribution < -0.4 is 0 Å². The molecular formula is C16H22ClNO3. The number of hydrogen-bond acceptors (Lipinski definition) is 3. The summed E-state index contributed by atoms with van der Waals surface area (Å²) in [6, 6.07) is 5.90. The lowest BCUT2D eigenvalue weighted by atomic mass is 9.81. The van der Waals surface area contributed by atoms with Crippen LogP contribution in [-0.4, -0.2) is 42.3 Å². The van der Waals surface area contributed by atoms with Crippen molar-refractivity contribution in [3.8, 4) is 0 Å². The van der Waals surface area contributed by atoms with Gasteiger partial charge in [0.1, 0.15) is 0 Å². The number of halogens is 1. The number of carbonyl (C=O) groups is 1. The minimum Gasteiger partial charge on any atom is -0.481 e. The standard InChI is InChI=1S/C16H22ClNO3/c1-16(2,10-15(19)20)13-4-3-12(14(17)9-13)11-18-5-7-21-8-6-18/h3-4,9H,5-8,10-11H2,1-2H3,(H,19,20). The smallest absolute Gasteiger partial charge is 0.304 e. The number of hydrogen-bond donors (Lipinski definition) is 1. The molecule has 1 aliphatic rings. The number of morpholine rings is 1. The molecule has 1 fully saturated rings. The molecule has 1 aromatic rings. The summed E-state index contributed by atoms with van der Waals surface area (Å²) in [5, 5.41) is 9.71. The van der Waals surface area contributed by atoms with Crippen LogP contribution >= 0.6 is 11.6 Å². The summed E-state index contributed by atoms with van der Waals surface area (Å²) < 4.78 is 5.34. The average Bonchev–Trinajstić information content (AvgIpc) is 2.40. The van der Waals surface area contributed by atoms with Gasteiger partial charge < -0.3 is 9.84 Å². The molecule has 0 unspecified atom stereocenters. The van der Waals surface area contributed by atoms with Crippen LogP contribution in [0.3, 0.4) is 0 Å². The first-order valence-electron chi connectivity index (χ1n) is 7.19. The molecule has 0 radical (unpaired) electrons. The molecule has 2 rings (SSSR count). The van der Waals surface area contributed by atoms with E-state index in [2.05, 4.69) is 4.90 Å². The second kappa shape index (κ2) is 6.77. The van der Waals surface area contributed by atoms with Crippen LogP contribution in [0.5, 0.6) is 0 Å². The Hall–Kier alpha value is -1.10. The topological polar surface area (TPSA) is 49.8 Å². The molecule has 4 nitrogen and oxygen atoms in total. The van der Waals surface area contributed by atoms with Gasteiger partial charge in [0, 0.05) is 30.1 Å². The van der Waals surface area contributed by atoms with Crippen LogP contribution in [0.1, 0.15) is 31.4 Å². The second-order valence-corrected chi connectivity index (χ2v) is 6.56. The van der Waals surface area contributed by atoms with Crippen molar-refractivity contribution < 1.29 is 14.6 Å². The van der Waals surface area contributed by atoms with E-state index in [1.54, 1.807) is 0 Å². The maximum absolute atomic E-state index is 11.0. The third kappa shape index (κ3) is 4.43. The van der Waals surface area contributed by atoms with Crippen LogP contribution in [0, 0.1) is 0 Å². The largest absolute Gasteiger partial charge is 0.481 e. The van der Waals surface area contributed by atoms with Crippen molar-refractivity contribution in [2.45, 2.75) is 32.2 Å². The number of aliphatic carboxylic acids is 1. The van der Waals surface area contributed by atoms with Crippen LogP contribution in [0.4, 0.5) is 0 Å². The molecule has 1 saturated heterocycles. The van der Waals surface area contributed by atoms with Crippen molar-refractivity contribution in [1.82, 2.24) is 4.90 Å². The Morgan fingerprint density at radius 3 is 2.62 bits per heavy atom.